The molecule has 0 fully saturated rings. The maximum absolute atomic E-state index is 12.6. The molecule has 0 saturated heterocycles. The van der Waals surface area contributed by atoms with Gasteiger partial charge in [-0.05, 0) is 0 Å². The minimum atomic E-state index is -5.74. The number of rotatable bonds is 0. The first kappa shape index (κ1) is 16.3. The molecular formula is C9H2F9Zn. The summed E-state index contributed by atoms with van der Waals surface area (Å²) in [6.45, 7) is 0. The van der Waals surface area contributed by atoms with Crippen LogP contribution in [0.1, 0.15) is 16.7 Å². The van der Waals surface area contributed by atoms with Crippen LogP contribution in [0.4, 0.5) is 39.5 Å². The van der Waals surface area contributed by atoms with Gasteiger partial charge in [0.05, 0.1) is 0 Å². The van der Waals surface area contributed by atoms with Gasteiger partial charge in [-0.15, -0.1) is 0 Å². The Kier molecular flexibility index (Phi) is 3.98. The van der Waals surface area contributed by atoms with Crippen LogP contribution in [0.3, 0.4) is 0 Å². The van der Waals surface area contributed by atoms with Crippen molar-refractivity contribution in [3.63, 3.8) is 0 Å². The van der Waals surface area contributed by atoms with E-state index in [9.17, 15) is 39.5 Å². The molecule has 10 heteroatoms. The van der Waals surface area contributed by atoms with E-state index in [2.05, 4.69) is 0 Å². The van der Waals surface area contributed by atoms with E-state index in [1.807, 2.05) is 0 Å². The summed E-state index contributed by atoms with van der Waals surface area (Å²) in [5, 5.41) is 0. The molecule has 0 aliphatic carbocycles. The fourth-order valence-electron chi connectivity index (χ4n) is 1.50. The van der Waals surface area contributed by atoms with Crippen molar-refractivity contribution in [2.24, 2.45) is 0 Å². The third-order valence-electron chi connectivity index (χ3n) is 2.16. The summed E-state index contributed by atoms with van der Waals surface area (Å²) in [5.74, 6) is 0. The number of halogens is 9. The molecule has 0 spiro atoms. The molecule has 0 aliphatic rings. The van der Waals surface area contributed by atoms with Gasteiger partial charge in [0.25, 0.3) is 0 Å². The summed E-state index contributed by atoms with van der Waals surface area (Å²) >= 11 is -0.351. The average Bonchev–Trinajstić information content (AvgIpc) is 2.11. The van der Waals surface area contributed by atoms with Gasteiger partial charge in [-0.3, -0.25) is 0 Å². The summed E-state index contributed by atoms with van der Waals surface area (Å²) in [7, 11) is 0. The molecule has 103 valence electrons. The Hall–Kier alpha value is -0.787. The maximum atomic E-state index is 12.6. The third-order valence-corrected chi connectivity index (χ3v) is 3.40. The molecule has 1 rings (SSSR count). The second-order valence-corrected chi connectivity index (χ2v) is 5.11. The number of hydrogen-bond donors (Lipinski definition) is 0. The Labute approximate surface area is 110 Å². The van der Waals surface area contributed by atoms with Gasteiger partial charge < -0.3 is 0 Å². The molecule has 0 saturated carbocycles. The van der Waals surface area contributed by atoms with Gasteiger partial charge in [0, 0.05) is 0 Å². The number of benzene rings is 1. The van der Waals surface area contributed by atoms with Crippen molar-refractivity contribution in [1.29, 1.82) is 0 Å². The van der Waals surface area contributed by atoms with E-state index in [-0.39, 0.29) is 24.4 Å². The molecule has 1 aromatic rings. The summed E-state index contributed by atoms with van der Waals surface area (Å²) < 4.78 is 112. The molecule has 0 N–H and O–H groups in total. The third kappa shape index (κ3) is 3.40. The first-order chi connectivity index (χ1) is 8.26. The first-order valence-electron chi connectivity index (χ1n) is 4.47. The summed E-state index contributed by atoms with van der Waals surface area (Å²) in [6.07, 6.45) is -16.8. The summed E-state index contributed by atoms with van der Waals surface area (Å²) in [4.78, 5) is 0. The number of alkyl halides is 9. The SMILES string of the molecule is FC(F)(F)c1cc[c]([Zn])c(C(F)(F)F)c1C(F)(F)F. The van der Waals surface area contributed by atoms with Crippen LogP contribution in [0.2, 0.25) is 0 Å². The number of hydrogen-bond acceptors (Lipinski definition) is 0. The Balaban J connectivity index is 3.82. The van der Waals surface area contributed by atoms with Gasteiger partial charge in [0.2, 0.25) is 0 Å². The van der Waals surface area contributed by atoms with Crippen LogP contribution in [-0.2, 0) is 36.8 Å². The predicted octanol–water partition coefficient (Wildman–Crippen LogP) is 3.92. The van der Waals surface area contributed by atoms with Crippen molar-refractivity contribution in [3.05, 3.63) is 28.8 Å². The van der Waals surface area contributed by atoms with Gasteiger partial charge in [-0.2, -0.15) is 0 Å². The molecule has 0 nitrogen and oxygen atoms in total. The van der Waals surface area contributed by atoms with E-state index in [1.165, 1.54) is 0 Å². The Morgan fingerprint density at radius 1 is 0.632 bits per heavy atom. The minimum absolute atomic E-state index is 0.0247. The molecule has 1 aromatic carbocycles. The molecule has 0 atom stereocenters. The molecule has 0 bridgehead atoms. The molecule has 0 radical (unpaired) electrons. The zero-order chi connectivity index (χ0) is 15.2. The molecule has 0 amide bonds. The van der Waals surface area contributed by atoms with E-state index in [4.69, 9.17) is 0 Å². The van der Waals surface area contributed by atoms with Crippen LogP contribution in [0.5, 0.6) is 0 Å². The van der Waals surface area contributed by atoms with Crippen LogP contribution in [0.15, 0.2) is 12.1 Å². The van der Waals surface area contributed by atoms with Crippen molar-refractivity contribution in [1.82, 2.24) is 0 Å². The van der Waals surface area contributed by atoms with Crippen LogP contribution in [0, 0.1) is 0 Å². The van der Waals surface area contributed by atoms with E-state index < -0.39 is 39.4 Å². The zero-order valence-electron chi connectivity index (χ0n) is 8.76. The Morgan fingerprint density at radius 3 is 1.37 bits per heavy atom. The van der Waals surface area contributed by atoms with Gasteiger partial charge in [-0.1, -0.05) is 0 Å². The second kappa shape index (κ2) is 4.64. The normalized spacial score (nSPS) is 13.8. The van der Waals surface area contributed by atoms with Gasteiger partial charge in [0.15, 0.2) is 0 Å². The van der Waals surface area contributed by atoms with Crippen molar-refractivity contribution in [2.45, 2.75) is 18.5 Å². The van der Waals surface area contributed by atoms with Crippen molar-refractivity contribution in [3.8, 4) is 0 Å². The monoisotopic (exact) mass is 345 g/mol. The zero-order valence-corrected chi connectivity index (χ0v) is 11.7. The molecule has 19 heavy (non-hydrogen) atoms. The predicted molar refractivity (Wildman–Crippen MR) is 41.1 cm³/mol. The standard InChI is InChI=1S/C9H2F9.Zn/c10-7(11,12)4-2-1-3-5(8(13,14)15)6(4)9(16,17)18;/h1-2H;. The molecule has 0 aliphatic heterocycles. The van der Waals surface area contributed by atoms with Gasteiger partial charge in [-0.25, -0.2) is 0 Å². The molecule has 0 unspecified atom stereocenters. The van der Waals surface area contributed by atoms with Crippen molar-refractivity contribution in [2.75, 3.05) is 0 Å². The average molecular weight is 346 g/mol. The van der Waals surface area contributed by atoms with Crippen LogP contribution in [0.25, 0.3) is 0 Å². The van der Waals surface area contributed by atoms with Gasteiger partial charge >= 0.3 is 109 Å². The van der Waals surface area contributed by atoms with Crippen molar-refractivity contribution >= 4 is 4.16 Å². The fourth-order valence-corrected chi connectivity index (χ4v) is 2.54. The van der Waals surface area contributed by atoms with E-state index in [0.29, 0.717) is 6.07 Å². The molecule has 0 heterocycles. The fraction of sp³-hybridized carbons (Fsp3) is 0.333. The first-order valence-corrected chi connectivity index (χ1v) is 5.95. The van der Waals surface area contributed by atoms with Gasteiger partial charge in [0.1, 0.15) is 0 Å². The second-order valence-electron chi connectivity index (χ2n) is 3.52. The van der Waals surface area contributed by atoms with Crippen molar-refractivity contribution < 1.29 is 57.8 Å². The summed E-state index contributed by atoms with van der Waals surface area (Å²) in [6, 6.07) is 0.442. The van der Waals surface area contributed by atoms with E-state index in [0.717, 1.165) is 0 Å². The Bertz CT molecular complexity index is 480. The Morgan fingerprint density at radius 2 is 1.05 bits per heavy atom. The summed E-state index contributed by atoms with van der Waals surface area (Å²) in [5.41, 5.74) is -7.25. The molecular weight excluding hydrogens is 344 g/mol. The quantitative estimate of drug-likeness (QED) is 0.493. The van der Waals surface area contributed by atoms with Crippen LogP contribution >= 0.6 is 0 Å². The molecule has 0 aromatic heterocycles. The van der Waals surface area contributed by atoms with Crippen LogP contribution in [-0.4, -0.2) is 0 Å². The van der Waals surface area contributed by atoms with Crippen LogP contribution < -0.4 is 4.16 Å². The topological polar surface area (TPSA) is 0 Å². The van der Waals surface area contributed by atoms with E-state index >= 15 is 0 Å². The van der Waals surface area contributed by atoms with E-state index in [1.54, 1.807) is 0 Å².